The molecule has 1 aromatic heterocycles. The van der Waals surface area contributed by atoms with Crippen molar-refractivity contribution >= 4 is 11.7 Å². The van der Waals surface area contributed by atoms with Gasteiger partial charge in [-0.05, 0) is 5.56 Å². The number of carbonyl (C=O) groups excluding carboxylic acids is 1. The van der Waals surface area contributed by atoms with Crippen LogP contribution in [0, 0.1) is 5.92 Å². The number of nitrogen functional groups attached to an aromatic ring is 1. The lowest BCUT2D eigenvalue weighted by Gasteiger charge is -2.18. The minimum absolute atomic E-state index is 0.0485. The van der Waals surface area contributed by atoms with Crippen LogP contribution in [0.1, 0.15) is 17.4 Å². The Hall–Kier alpha value is -2.71. The Morgan fingerprint density at radius 3 is 2.88 bits per heavy atom. The second-order valence-electron chi connectivity index (χ2n) is 5.68. The number of hydrogen-bond acceptors (Lipinski definition) is 6. The number of carbonyl (C=O) groups is 1. The number of nitrogens with two attached hydrogens (primary N) is 1. The zero-order valence-electron chi connectivity index (χ0n) is 13.1. The first-order valence-electron chi connectivity index (χ1n) is 7.80. The molecule has 8 nitrogen and oxygen atoms in total. The molecule has 0 saturated carbocycles. The minimum Gasteiger partial charge on any atom is -0.383 e. The molecule has 24 heavy (non-hydrogen) atoms. The molecule has 8 heteroatoms. The molecule has 2 atom stereocenters. The Kier molecular flexibility index (Phi) is 4.88. The van der Waals surface area contributed by atoms with E-state index in [-0.39, 0.29) is 29.2 Å². The summed E-state index contributed by atoms with van der Waals surface area (Å²) in [7, 11) is 0. The van der Waals surface area contributed by atoms with E-state index >= 15 is 0 Å². The van der Waals surface area contributed by atoms with Gasteiger partial charge in [0.25, 0.3) is 5.56 Å². The van der Waals surface area contributed by atoms with Crippen LogP contribution in [0.5, 0.6) is 0 Å². The lowest BCUT2D eigenvalue weighted by Crippen LogP contribution is -2.36. The molecule has 3 rings (SSSR count). The van der Waals surface area contributed by atoms with Crippen LogP contribution in [0.15, 0.2) is 41.2 Å². The van der Waals surface area contributed by atoms with E-state index in [2.05, 4.69) is 26.1 Å². The first-order valence-corrected chi connectivity index (χ1v) is 7.80. The third-order valence-corrected chi connectivity index (χ3v) is 3.95. The lowest BCUT2D eigenvalue weighted by molar-refractivity contribution is -0.124. The summed E-state index contributed by atoms with van der Waals surface area (Å²) in [5, 5.41) is 2.89. The van der Waals surface area contributed by atoms with Crippen LogP contribution in [0.25, 0.3) is 0 Å². The number of nitrogens with one attached hydrogen (secondary N) is 4. The minimum atomic E-state index is -0.294. The molecular weight excluding hydrogens is 308 g/mol. The Labute approximate surface area is 138 Å². The highest BCUT2D eigenvalue weighted by Crippen LogP contribution is 2.24. The van der Waals surface area contributed by atoms with E-state index in [4.69, 9.17) is 5.73 Å². The van der Waals surface area contributed by atoms with Gasteiger partial charge in [0.15, 0.2) is 0 Å². The summed E-state index contributed by atoms with van der Waals surface area (Å²) in [6.07, 6.45) is 0.412. The average molecular weight is 328 g/mol. The van der Waals surface area contributed by atoms with Gasteiger partial charge in [0.05, 0.1) is 12.0 Å². The molecular formula is C16H20N6O2. The zero-order valence-corrected chi connectivity index (χ0v) is 13.1. The SMILES string of the molecule is Nc1cc(=O)[nH]c(CCNC(=O)C2CNNC2c2ccccc2)n1. The van der Waals surface area contributed by atoms with Crippen molar-refractivity contribution in [3.63, 3.8) is 0 Å². The highest BCUT2D eigenvalue weighted by Gasteiger charge is 2.33. The van der Waals surface area contributed by atoms with Crippen LogP contribution in [0.2, 0.25) is 0 Å². The summed E-state index contributed by atoms with van der Waals surface area (Å²) < 4.78 is 0. The number of rotatable bonds is 5. The monoisotopic (exact) mass is 328 g/mol. The summed E-state index contributed by atoms with van der Waals surface area (Å²) in [5.41, 5.74) is 12.5. The van der Waals surface area contributed by atoms with Gasteiger partial charge >= 0.3 is 0 Å². The van der Waals surface area contributed by atoms with Gasteiger partial charge in [-0.1, -0.05) is 30.3 Å². The van der Waals surface area contributed by atoms with Gasteiger partial charge in [0, 0.05) is 25.6 Å². The Morgan fingerprint density at radius 1 is 1.33 bits per heavy atom. The van der Waals surface area contributed by atoms with E-state index in [0.717, 1.165) is 5.56 Å². The number of amides is 1. The van der Waals surface area contributed by atoms with Crippen molar-refractivity contribution < 1.29 is 4.79 Å². The number of anilines is 1. The molecule has 0 radical (unpaired) electrons. The quantitative estimate of drug-likeness (QED) is 0.503. The predicted molar refractivity (Wildman–Crippen MR) is 89.8 cm³/mol. The fourth-order valence-corrected chi connectivity index (χ4v) is 2.80. The van der Waals surface area contributed by atoms with Crippen LogP contribution in [0.3, 0.4) is 0 Å². The van der Waals surface area contributed by atoms with Gasteiger partial charge < -0.3 is 16.0 Å². The molecule has 1 aliphatic rings. The van der Waals surface area contributed by atoms with Crippen LogP contribution in [-0.4, -0.2) is 29.0 Å². The average Bonchev–Trinajstić information content (AvgIpc) is 3.04. The van der Waals surface area contributed by atoms with Crippen LogP contribution >= 0.6 is 0 Å². The molecule has 2 heterocycles. The van der Waals surface area contributed by atoms with Gasteiger partial charge in [0.1, 0.15) is 11.6 Å². The maximum atomic E-state index is 12.4. The molecule has 1 fully saturated rings. The fourth-order valence-electron chi connectivity index (χ4n) is 2.80. The number of hydrazine groups is 1. The van der Waals surface area contributed by atoms with Crippen molar-refractivity contribution in [1.29, 1.82) is 0 Å². The first-order chi connectivity index (χ1) is 11.6. The second kappa shape index (κ2) is 7.24. The summed E-state index contributed by atoms with van der Waals surface area (Å²) in [4.78, 5) is 30.4. The van der Waals surface area contributed by atoms with Crippen molar-refractivity contribution in [1.82, 2.24) is 26.1 Å². The van der Waals surface area contributed by atoms with Gasteiger partial charge in [-0.3, -0.25) is 15.0 Å². The number of H-pyrrole nitrogens is 1. The predicted octanol–water partition coefficient (Wildman–Crippen LogP) is -0.524. The maximum absolute atomic E-state index is 12.4. The molecule has 1 aromatic carbocycles. The van der Waals surface area contributed by atoms with E-state index < -0.39 is 0 Å². The molecule has 6 N–H and O–H groups in total. The zero-order chi connectivity index (χ0) is 16.9. The lowest BCUT2D eigenvalue weighted by atomic mass is 9.94. The number of nitrogens with zero attached hydrogens (tertiary/aromatic N) is 1. The van der Waals surface area contributed by atoms with Gasteiger partial charge in [0.2, 0.25) is 5.91 Å². The first kappa shape index (κ1) is 16.2. The van der Waals surface area contributed by atoms with Crippen molar-refractivity contribution in [3.05, 3.63) is 58.1 Å². The molecule has 2 unspecified atom stereocenters. The van der Waals surface area contributed by atoms with E-state index in [0.29, 0.717) is 25.3 Å². The molecule has 0 spiro atoms. The summed E-state index contributed by atoms with van der Waals surface area (Å²) >= 11 is 0. The number of hydrogen-bond donors (Lipinski definition) is 5. The maximum Gasteiger partial charge on any atom is 0.252 e. The molecule has 1 amide bonds. The van der Waals surface area contributed by atoms with E-state index in [9.17, 15) is 9.59 Å². The van der Waals surface area contributed by atoms with Crippen molar-refractivity contribution in [2.24, 2.45) is 5.92 Å². The molecule has 2 aromatic rings. The van der Waals surface area contributed by atoms with Crippen LogP contribution in [0.4, 0.5) is 5.82 Å². The normalized spacial score (nSPS) is 20.0. The highest BCUT2D eigenvalue weighted by atomic mass is 16.2. The van der Waals surface area contributed by atoms with Crippen molar-refractivity contribution in [3.8, 4) is 0 Å². The topological polar surface area (TPSA) is 125 Å². The molecule has 1 saturated heterocycles. The Balaban J connectivity index is 1.57. The molecule has 126 valence electrons. The highest BCUT2D eigenvalue weighted by molar-refractivity contribution is 5.80. The molecule has 1 aliphatic heterocycles. The third-order valence-electron chi connectivity index (χ3n) is 3.95. The van der Waals surface area contributed by atoms with E-state index in [1.807, 2.05) is 30.3 Å². The largest absolute Gasteiger partial charge is 0.383 e. The van der Waals surface area contributed by atoms with Gasteiger partial charge in [-0.2, -0.15) is 0 Å². The summed E-state index contributed by atoms with van der Waals surface area (Å²) in [6, 6.07) is 11.0. The van der Waals surface area contributed by atoms with Crippen molar-refractivity contribution in [2.75, 3.05) is 18.8 Å². The summed E-state index contributed by atoms with van der Waals surface area (Å²) in [5.74, 6) is 0.379. The van der Waals surface area contributed by atoms with Crippen molar-refractivity contribution in [2.45, 2.75) is 12.5 Å². The number of aromatic amines is 1. The third kappa shape index (κ3) is 3.79. The molecule has 0 aliphatic carbocycles. The van der Waals surface area contributed by atoms with Crippen LogP contribution in [-0.2, 0) is 11.2 Å². The fraction of sp³-hybridized carbons (Fsp3) is 0.312. The van der Waals surface area contributed by atoms with Gasteiger partial charge in [-0.15, -0.1) is 0 Å². The smallest absolute Gasteiger partial charge is 0.252 e. The van der Waals surface area contributed by atoms with E-state index in [1.165, 1.54) is 6.07 Å². The second-order valence-corrected chi connectivity index (χ2v) is 5.68. The summed E-state index contributed by atoms with van der Waals surface area (Å²) in [6.45, 7) is 0.933. The molecule has 0 bridgehead atoms. The number of aromatic nitrogens is 2. The Bertz CT molecular complexity index is 761. The van der Waals surface area contributed by atoms with Gasteiger partial charge in [-0.25, -0.2) is 10.4 Å². The standard InChI is InChI=1S/C16H20N6O2/c17-12-8-14(23)21-13(20-12)6-7-18-16(24)11-9-19-22-15(11)10-4-2-1-3-5-10/h1-5,8,11,15,19,22H,6-7,9H2,(H,18,24)(H3,17,20,21,23). The number of benzene rings is 1. The van der Waals surface area contributed by atoms with E-state index in [1.54, 1.807) is 0 Å². The Morgan fingerprint density at radius 2 is 2.12 bits per heavy atom. The van der Waals surface area contributed by atoms with Crippen LogP contribution < -0.4 is 27.5 Å².